The van der Waals surface area contributed by atoms with Crippen LogP contribution in [0.5, 0.6) is 5.75 Å². The third kappa shape index (κ3) is 1.82. The van der Waals surface area contributed by atoms with Crippen molar-refractivity contribution in [3.8, 4) is 5.75 Å². The molecule has 0 fully saturated rings. The van der Waals surface area contributed by atoms with Crippen molar-refractivity contribution in [2.24, 2.45) is 5.16 Å². The molecule has 0 amide bonds. The van der Waals surface area contributed by atoms with E-state index in [1.165, 1.54) is 18.2 Å². The molecule has 0 bridgehead atoms. The Hall–Kier alpha value is -1.76. The Bertz CT molecular complexity index is 472. The summed E-state index contributed by atoms with van der Waals surface area (Å²) in [5.74, 6) is -3.53. The Balaban J connectivity index is 2.51. The molecule has 0 spiro atoms. The number of rotatable bonds is 0. The number of oxime groups is 1. The number of hydrogen-bond donors (Lipinski definition) is 2. The largest absolute Gasteiger partial charge is 0.455 e. The van der Waals surface area contributed by atoms with Gasteiger partial charge in [-0.05, 0) is 12.1 Å². The van der Waals surface area contributed by atoms with Gasteiger partial charge in [0, 0.05) is 5.56 Å². The van der Waals surface area contributed by atoms with Crippen molar-refractivity contribution >= 4 is 5.71 Å². The predicted molar refractivity (Wildman–Crippen MR) is 51.0 cm³/mol. The number of ether oxygens (including phenoxy) is 1. The van der Waals surface area contributed by atoms with Gasteiger partial charge < -0.3 is 15.1 Å². The first kappa shape index (κ1) is 11.7. The van der Waals surface area contributed by atoms with E-state index in [0.29, 0.717) is 0 Å². The van der Waals surface area contributed by atoms with Crippen LogP contribution in [0, 0.1) is 0 Å². The highest BCUT2D eigenvalue weighted by Crippen LogP contribution is 2.41. The van der Waals surface area contributed by atoms with Gasteiger partial charge in [-0.15, -0.1) is 0 Å². The quantitative estimate of drug-likeness (QED) is 0.543. The Morgan fingerprint density at radius 2 is 1.94 bits per heavy atom. The lowest BCUT2D eigenvalue weighted by atomic mass is 9.97. The summed E-state index contributed by atoms with van der Waals surface area (Å²) in [6.45, 7) is 0. The van der Waals surface area contributed by atoms with Crippen molar-refractivity contribution in [1.29, 1.82) is 0 Å². The molecule has 0 saturated carbocycles. The summed E-state index contributed by atoms with van der Waals surface area (Å²) in [7, 11) is 0. The van der Waals surface area contributed by atoms with E-state index in [1.54, 1.807) is 6.07 Å². The molecule has 2 N–H and O–H groups in total. The second kappa shape index (κ2) is 3.63. The fraction of sp³-hybridized carbons (Fsp3) is 0.300. The molecular weight excluding hydrogens is 239 g/mol. The van der Waals surface area contributed by atoms with Crippen molar-refractivity contribution < 1.29 is 28.2 Å². The van der Waals surface area contributed by atoms with Gasteiger partial charge in [-0.2, -0.15) is 13.2 Å². The van der Waals surface area contributed by atoms with E-state index < -0.39 is 18.4 Å². The van der Waals surface area contributed by atoms with Crippen LogP contribution in [0.3, 0.4) is 0 Å². The molecular formula is C10H8F3NO3. The summed E-state index contributed by atoms with van der Waals surface area (Å²) in [6, 6.07) is 5.72. The standard InChI is InChI=1S/C10H8F3NO3/c11-10(12,13)9(15)5-7(14-16)6-3-1-2-4-8(6)17-9/h1-4,15-16H,5H2/b14-7+. The molecule has 1 aromatic carbocycles. The number of aliphatic hydroxyl groups is 1. The summed E-state index contributed by atoms with van der Waals surface area (Å²) in [5.41, 5.74) is -0.0457. The predicted octanol–water partition coefficient (Wildman–Crippen LogP) is 1.90. The summed E-state index contributed by atoms with van der Waals surface area (Å²) < 4.78 is 42.4. The summed E-state index contributed by atoms with van der Waals surface area (Å²) in [6.07, 6.45) is -5.93. The summed E-state index contributed by atoms with van der Waals surface area (Å²) >= 11 is 0. The lowest BCUT2D eigenvalue weighted by Gasteiger charge is -2.35. The molecule has 0 aliphatic carbocycles. The molecule has 2 rings (SSSR count). The third-order valence-corrected chi connectivity index (χ3v) is 2.45. The van der Waals surface area contributed by atoms with Crippen molar-refractivity contribution in [2.75, 3.05) is 0 Å². The Morgan fingerprint density at radius 1 is 1.29 bits per heavy atom. The van der Waals surface area contributed by atoms with E-state index in [9.17, 15) is 18.3 Å². The van der Waals surface area contributed by atoms with Gasteiger partial charge in [-0.3, -0.25) is 0 Å². The SMILES string of the molecule is O/N=C1\CC(O)(C(F)(F)F)Oc2ccccc21. The van der Waals surface area contributed by atoms with Crippen LogP contribution < -0.4 is 4.74 Å². The van der Waals surface area contributed by atoms with E-state index in [2.05, 4.69) is 9.89 Å². The number of halogens is 3. The normalized spacial score (nSPS) is 26.5. The average molecular weight is 247 g/mol. The smallest absolute Gasteiger partial charge is 0.452 e. The van der Waals surface area contributed by atoms with Gasteiger partial charge in [0.25, 0.3) is 0 Å². The minimum absolute atomic E-state index is 0.175. The molecule has 1 aromatic rings. The first-order valence-electron chi connectivity index (χ1n) is 4.66. The van der Waals surface area contributed by atoms with E-state index >= 15 is 0 Å². The Kier molecular flexibility index (Phi) is 2.50. The van der Waals surface area contributed by atoms with Gasteiger partial charge in [0.15, 0.2) is 0 Å². The minimum Gasteiger partial charge on any atom is -0.452 e. The Labute approximate surface area is 93.9 Å². The van der Waals surface area contributed by atoms with Gasteiger partial charge in [-0.25, -0.2) is 0 Å². The number of fused-ring (bicyclic) bond motifs is 1. The van der Waals surface area contributed by atoms with Gasteiger partial charge >= 0.3 is 12.0 Å². The number of benzene rings is 1. The van der Waals surface area contributed by atoms with Crippen LogP contribution in [-0.4, -0.2) is 28.0 Å². The second-order valence-corrected chi connectivity index (χ2v) is 3.60. The maximum atomic E-state index is 12.6. The zero-order valence-corrected chi connectivity index (χ0v) is 8.40. The monoisotopic (exact) mass is 247 g/mol. The van der Waals surface area contributed by atoms with E-state index in [0.717, 1.165) is 0 Å². The molecule has 0 radical (unpaired) electrons. The molecule has 0 aromatic heterocycles. The van der Waals surface area contributed by atoms with Crippen molar-refractivity contribution in [3.63, 3.8) is 0 Å². The molecule has 7 heteroatoms. The fourth-order valence-corrected chi connectivity index (χ4v) is 1.58. The van der Waals surface area contributed by atoms with Gasteiger partial charge in [0.2, 0.25) is 0 Å². The molecule has 1 atom stereocenters. The topological polar surface area (TPSA) is 62.1 Å². The van der Waals surface area contributed by atoms with E-state index in [4.69, 9.17) is 5.21 Å². The van der Waals surface area contributed by atoms with Gasteiger partial charge in [0.05, 0.1) is 12.1 Å². The van der Waals surface area contributed by atoms with Crippen LogP contribution in [0.2, 0.25) is 0 Å². The average Bonchev–Trinajstić information content (AvgIpc) is 2.26. The highest BCUT2D eigenvalue weighted by atomic mass is 19.4. The van der Waals surface area contributed by atoms with Crippen molar-refractivity contribution in [1.82, 2.24) is 0 Å². The number of hydrogen-bond acceptors (Lipinski definition) is 4. The highest BCUT2D eigenvalue weighted by molar-refractivity contribution is 6.03. The zero-order chi connectivity index (χ0) is 12.7. The molecule has 1 aliphatic heterocycles. The molecule has 92 valence electrons. The minimum atomic E-state index is -4.98. The van der Waals surface area contributed by atoms with E-state index in [1.807, 2.05) is 0 Å². The molecule has 1 unspecified atom stereocenters. The van der Waals surface area contributed by atoms with Crippen LogP contribution in [-0.2, 0) is 0 Å². The number of nitrogens with zero attached hydrogens (tertiary/aromatic N) is 1. The molecule has 1 heterocycles. The third-order valence-electron chi connectivity index (χ3n) is 2.45. The zero-order valence-electron chi connectivity index (χ0n) is 8.40. The fourth-order valence-electron chi connectivity index (χ4n) is 1.58. The van der Waals surface area contributed by atoms with Crippen molar-refractivity contribution in [2.45, 2.75) is 18.4 Å². The molecule has 4 nitrogen and oxygen atoms in total. The molecule has 17 heavy (non-hydrogen) atoms. The first-order valence-corrected chi connectivity index (χ1v) is 4.66. The summed E-state index contributed by atoms with van der Waals surface area (Å²) in [4.78, 5) is 0. The maximum Gasteiger partial charge on any atom is 0.455 e. The van der Waals surface area contributed by atoms with Gasteiger partial charge in [0.1, 0.15) is 5.75 Å². The van der Waals surface area contributed by atoms with Crippen LogP contribution in [0.4, 0.5) is 13.2 Å². The van der Waals surface area contributed by atoms with Crippen LogP contribution in [0.25, 0.3) is 0 Å². The van der Waals surface area contributed by atoms with Crippen LogP contribution >= 0.6 is 0 Å². The number of para-hydroxylation sites is 1. The molecule has 0 saturated heterocycles. The second-order valence-electron chi connectivity index (χ2n) is 3.60. The van der Waals surface area contributed by atoms with Gasteiger partial charge in [-0.1, -0.05) is 17.3 Å². The van der Waals surface area contributed by atoms with E-state index in [-0.39, 0.29) is 17.0 Å². The number of alkyl halides is 3. The highest BCUT2D eigenvalue weighted by Gasteiger charge is 2.59. The van der Waals surface area contributed by atoms with Crippen LogP contribution in [0.1, 0.15) is 12.0 Å². The molecule has 1 aliphatic rings. The lowest BCUT2D eigenvalue weighted by Crippen LogP contribution is -2.53. The lowest BCUT2D eigenvalue weighted by molar-refractivity contribution is -0.333. The first-order chi connectivity index (χ1) is 7.87. The van der Waals surface area contributed by atoms with Crippen molar-refractivity contribution in [3.05, 3.63) is 29.8 Å². The summed E-state index contributed by atoms with van der Waals surface area (Å²) in [5, 5.41) is 20.9. The van der Waals surface area contributed by atoms with Crippen LogP contribution in [0.15, 0.2) is 29.4 Å². The Morgan fingerprint density at radius 3 is 2.53 bits per heavy atom. The maximum absolute atomic E-state index is 12.6.